The van der Waals surface area contributed by atoms with Crippen LogP contribution in [0.2, 0.25) is 0 Å². The van der Waals surface area contributed by atoms with Crippen LogP contribution in [0, 0.1) is 17.0 Å². The van der Waals surface area contributed by atoms with Crippen molar-refractivity contribution in [3.8, 4) is 0 Å². The molecule has 42 heavy (non-hydrogen) atoms. The van der Waals surface area contributed by atoms with Gasteiger partial charge in [0.1, 0.15) is 17.5 Å². The fraction of sp³-hybridized carbons (Fsp3) is 0.486. The van der Waals surface area contributed by atoms with Crippen molar-refractivity contribution < 1.29 is 13.9 Å². The van der Waals surface area contributed by atoms with E-state index in [-0.39, 0.29) is 0 Å². The third-order valence-corrected chi connectivity index (χ3v) is 6.65. The Kier molecular flexibility index (Phi) is 18.2. The molecule has 234 valence electrons. The highest BCUT2D eigenvalue weighted by molar-refractivity contribution is 7.16. The molecule has 7 heteroatoms. The number of halogens is 2. The molecule has 0 saturated heterocycles. The Morgan fingerprint density at radius 2 is 1.67 bits per heavy atom. The van der Waals surface area contributed by atoms with E-state index in [1.807, 2.05) is 45.6 Å². The summed E-state index contributed by atoms with van der Waals surface area (Å²) in [6.07, 6.45) is 6.40. The third-order valence-electron chi connectivity index (χ3n) is 6.31. The molecule has 4 nitrogen and oxygen atoms in total. The normalized spacial score (nSPS) is 11.8. The number of allylic oxidation sites excluding steroid dienone is 2. The molecular weight excluding hydrogens is 547 g/mol. The van der Waals surface area contributed by atoms with Crippen molar-refractivity contribution in [1.82, 2.24) is 9.88 Å². The minimum atomic E-state index is -0.655. The summed E-state index contributed by atoms with van der Waals surface area (Å²) in [6.45, 7) is 30.0. The highest BCUT2D eigenvalue weighted by Crippen LogP contribution is 2.24. The Morgan fingerprint density at radius 1 is 1.05 bits per heavy atom. The second-order valence-corrected chi connectivity index (χ2v) is 12.3. The van der Waals surface area contributed by atoms with Gasteiger partial charge in [-0.05, 0) is 82.2 Å². The van der Waals surface area contributed by atoms with E-state index in [0.717, 1.165) is 46.6 Å². The van der Waals surface area contributed by atoms with Crippen LogP contribution in [0.15, 0.2) is 77.3 Å². The zero-order valence-electron chi connectivity index (χ0n) is 27.6. The lowest BCUT2D eigenvalue weighted by molar-refractivity contribution is 0.264. The number of aliphatic hydroxyl groups is 1. The highest BCUT2D eigenvalue weighted by Gasteiger charge is 2.13. The van der Waals surface area contributed by atoms with Crippen molar-refractivity contribution in [2.45, 2.75) is 101 Å². The van der Waals surface area contributed by atoms with Gasteiger partial charge in [0.25, 0.3) is 0 Å². The molecule has 0 aliphatic carbocycles. The number of unbranched alkanes of at least 4 members (excludes halogenated alkanes) is 1. The summed E-state index contributed by atoms with van der Waals surface area (Å²) in [5, 5.41) is 9.52. The lowest BCUT2D eigenvalue weighted by Crippen LogP contribution is -2.21. The summed E-state index contributed by atoms with van der Waals surface area (Å²) in [4.78, 5) is 11.1. The Labute approximate surface area is 257 Å². The molecule has 2 aromatic rings. The average molecular weight is 602 g/mol. The topological polar surface area (TPSA) is 48.7 Å². The van der Waals surface area contributed by atoms with Crippen LogP contribution in [0.4, 0.5) is 8.78 Å². The maximum absolute atomic E-state index is 12.6. The number of pyridine rings is 1. The van der Waals surface area contributed by atoms with Gasteiger partial charge in [-0.1, -0.05) is 66.7 Å². The first-order valence-corrected chi connectivity index (χ1v) is 15.3. The summed E-state index contributed by atoms with van der Waals surface area (Å²) < 4.78 is 24.9. The van der Waals surface area contributed by atoms with Gasteiger partial charge in [0, 0.05) is 35.8 Å². The van der Waals surface area contributed by atoms with Crippen molar-refractivity contribution in [1.29, 1.82) is 0 Å². The van der Waals surface area contributed by atoms with Crippen molar-refractivity contribution >= 4 is 15.0 Å². The minimum Gasteiger partial charge on any atom is -0.383 e. The van der Waals surface area contributed by atoms with E-state index in [9.17, 15) is 13.9 Å². The van der Waals surface area contributed by atoms with E-state index in [1.54, 1.807) is 12.3 Å². The molecule has 2 rings (SSSR count). The van der Waals surface area contributed by atoms with Crippen LogP contribution in [0.3, 0.4) is 0 Å². The van der Waals surface area contributed by atoms with Crippen LogP contribution in [0.1, 0.15) is 111 Å². The Balaban J connectivity index is 0.000000759. The summed E-state index contributed by atoms with van der Waals surface area (Å²) in [7, 11) is 2.32. The van der Waals surface area contributed by atoms with E-state index in [1.165, 1.54) is 31.4 Å². The van der Waals surface area contributed by atoms with Crippen LogP contribution in [0.25, 0.3) is 0 Å². The number of hydrogen-bond donors (Lipinski definition) is 1. The Morgan fingerprint density at radius 3 is 2.02 bits per heavy atom. The first-order chi connectivity index (χ1) is 19.5. The third kappa shape index (κ3) is 15.0. The van der Waals surface area contributed by atoms with Crippen molar-refractivity contribution in [3.63, 3.8) is 0 Å². The molecule has 1 aromatic carbocycles. The zero-order valence-corrected chi connectivity index (χ0v) is 28.8. The molecule has 1 N–H and O–H groups in total. The molecule has 0 fully saturated rings. The van der Waals surface area contributed by atoms with Gasteiger partial charge < -0.3 is 10.0 Å². The van der Waals surface area contributed by atoms with Crippen molar-refractivity contribution in [3.05, 3.63) is 101 Å². The number of likely N-dealkylation sites (N-methyl/N-ethyl adjacent to an activating group) is 1. The number of aromatic nitrogens is 1. The fourth-order valence-corrected chi connectivity index (χ4v) is 4.02. The maximum atomic E-state index is 12.6. The predicted molar refractivity (Wildman–Crippen MR) is 181 cm³/mol. The van der Waals surface area contributed by atoms with E-state index in [0.29, 0.717) is 23.1 Å². The Hall–Kier alpha value is -2.69. The van der Waals surface area contributed by atoms with Crippen molar-refractivity contribution in [2.75, 3.05) is 6.54 Å². The zero-order chi connectivity index (χ0) is 32.6. The number of benzene rings is 1. The molecule has 0 aliphatic heterocycles. The highest BCUT2D eigenvalue weighted by atomic mass is 31.0. The molecule has 0 bridgehead atoms. The second-order valence-electron chi connectivity index (χ2n) is 11.6. The molecule has 0 saturated carbocycles. The number of nitrogens with zero attached hydrogens (tertiary/aromatic N) is 3. The number of hydrogen-bond acceptors (Lipinski definition) is 4. The largest absolute Gasteiger partial charge is 0.383 e. The van der Waals surface area contributed by atoms with Crippen LogP contribution >= 0.6 is 9.24 Å². The molecule has 0 spiro atoms. The van der Waals surface area contributed by atoms with Crippen LogP contribution in [-0.2, 0) is 6.42 Å². The van der Waals surface area contributed by atoms with Crippen LogP contribution in [0.5, 0.6) is 0 Å². The summed E-state index contributed by atoms with van der Waals surface area (Å²) in [5.41, 5.74) is 7.21. The summed E-state index contributed by atoms with van der Waals surface area (Å²) in [5.74, 6) is -1.63. The van der Waals surface area contributed by atoms with Gasteiger partial charge in [0.2, 0.25) is 0 Å². The molecular formula is C35H54F2N3OP. The summed E-state index contributed by atoms with van der Waals surface area (Å²) in [6, 6.07) is 7.34. The molecule has 1 heterocycles. The molecule has 2 atom stereocenters. The van der Waals surface area contributed by atoms with E-state index in [2.05, 4.69) is 62.0 Å². The van der Waals surface area contributed by atoms with Gasteiger partial charge in [0.15, 0.2) is 0 Å². The molecule has 0 aliphatic rings. The van der Waals surface area contributed by atoms with E-state index in [4.69, 9.17) is 4.99 Å². The van der Waals surface area contributed by atoms with E-state index < -0.39 is 17.5 Å². The predicted octanol–water partition coefficient (Wildman–Crippen LogP) is 10.2. The smallest absolute Gasteiger partial charge is 0.129 e. The molecule has 0 radical (unpaired) electrons. The molecule has 2 unspecified atom stereocenters. The van der Waals surface area contributed by atoms with Gasteiger partial charge in [0.05, 0.1) is 17.1 Å². The SMILES string of the molecule is C=C(C)N(CC)C(=C)C(N=C(C)c1ccc(C(O)P)nc1)=C(C)C.CCCCC(C)(C)C.CCc1ccc(F)cc1F. The number of rotatable bonds is 10. The van der Waals surface area contributed by atoms with Crippen LogP contribution in [-0.4, -0.2) is 27.2 Å². The first kappa shape index (κ1) is 39.3. The molecule has 0 amide bonds. The first-order valence-electron chi connectivity index (χ1n) is 14.7. The Bertz CT molecular complexity index is 1190. The number of aliphatic imine (C=N–C) groups is 1. The van der Waals surface area contributed by atoms with Gasteiger partial charge in [-0.25, -0.2) is 8.78 Å². The van der Waals surface area contributed by atoms with Gasteiger partial charge >= 0.3 is 0 Å². The van der Waals surface area contributed by atoms with Gasteiger partial charge in [-0.15, -0.1) is 9.24 Å². The maximum Gasteiger partial charge on any atom is 0.129 e. The number of aliphatic hydroxyl groups excluding tert-OH is 1. The standard InChI is InChI=1S/C19H28N3OP.C8H8F2.C8H18/c1-8-22(13(4)5)15(7)18(12(2)3)21-14(6)16-9-10-17(19(23)24)20-11-16;1-2-6-3-4-7(9)5-8(6)10;1-5-6-7-8(2,3)4/h9-11,19,23H,4,7-8,24H2,1-3,5-6H3;3-5H,2H2,1H3;5-7H2,1-4H3. The average Bonchev–Trinajstić information content (AvgIpc) is 2.90. The quantitative estimate of drug-likeness (QED) is 0.167. The van der Waals surface area contributed by atoms with Crippen molar-refractivity contribution in [2.24, 2.45) is 10.4 Å². The van der Waals surface area contributed by atoms with E-state index >= 15 is 0 Å². The second kappa shape index (κ2) is 19.5. The van der Waals surface area contributed by atoms with Gasteiger partial charge in [-0.2, -0.15) is 0 Å². The number of aryl methyl sites for hydroxylation is 1. The van der Waals surface area contributed by atoms with Gasteiger partial charge in [-0.3, -0.25) is 9.98 Å². The summed E-state index contributed by atoms with van der Waals surface area (Å²) >= 11 is 0. The lowest BCUT2D eigenvalue weighted by Gasteiger charge is -2.26. The monoisotopic (exact) mass is 601 g/mol. The molecule has 1 aromatic heterocycles. The lowest BCUT2D eigenvalue weighted by atomic mass is 9.90. The van der Waals surface area contributed by atoms with Crippen LogP contribution < -0.4 is 0 Å². The fourth-order valence-electron chi connectivity index (χ4n) is 3.83. The minimum absolute atomic E-state index is 0.456.